The van der Waals surface area contributed by atoms with Gasteiger partial charge in [-0.05, 0) is 25.7 Å². The molecule has 0 saturated heterocycles. The molecule has 0 rings (SSSR count). The van der Waals surface area contributed by atoms with Gasteiger partial charge in [0.1, 0.15) is 6.10 Å². The van der Waals surface area contributed by atoms with Gasteiger partial charge in [0, 0.05) is 6.92 Å². The van der Waals surface area contributed by atoms with Gasteiger partial charge in [0.25, 0.3) is 0 Å². The zero-order chi connectivity index (χ0) is 12.2. The number of hydrogen-bond donors (Lipinski definition) is 0. The minimum atomic E-state index is -0.173. The van der Waals surface area contributed by atoms with E-state index >= 15 is 0 Å². The average Bonchev–Trinajstić information content (AvgIpc) is 2.22. The van der Waals surface area contributed by atoms with Crippen LogP contribution in [0.15, 0.2) is 24.3 Å². The van der Waals surface area contributed by atoms with Crippen molar-refractivity contribution in [3.8, 4) is 0 Å². The van der Waals surface area contributed by atoms with E-state index in [1.807, 2.05) is 0 Å². The summed E-state index contributed by atoms with van der Waals surface area (Å²) in [7, 11) is 0. The van der Waals surface area contributed by atoms with Crippen LogP contribution in [0.3, 0.4) is 0 Å². The second-order valence-electron chi connectivity index (χ2n) is 3.86. The minimum absolute atomic E-state index is 0.0855. The second-order valence-corrected chi connectivity index (χ2v) is 3.86. The van der Waals surface area contributed by atoms with Crippen LogP contribution in [0.4, 0.5) is 0 Å². The van der Waals surface area contributed by atoms with E-state index in [1.165, 1.54) is 6.92 Å². The molecular formula is C14H24O2. The predicted molar refractivity (Wildman–Crippen MR) is 68.3 cm³/mol. The Morgan fingerprint density at radius 3 is 2.44 bits per heavy atom. The maximum atomic E-state index is 10.9. The number of carbonyl (C=O) groups is 1. The van der Waals surface area contributed by atoms with Crippen LogP contribution in [0.1, 0.15) is 52.9 Å². The number of esters is 1. The summed E-state index contributed by atoms with van der Waals surface area (Å²) >= 11 is 0. The second kappa shape index (κ2) is 10.5. The highest BCUT2D eigenvalue weighted by Gasteiger charge is 2.09. The van der Waals surface area contributed by atoms with Gasteiger partial charge in [0.2, 0.25) is 0 Å². The molecule has 16 heavy (non-hydrogen) atoms. The van der Waals surface area contributed by atoms with Crippen LogP contribution in [0, 0.1) is 0 Å². The van der Waals surface area contributed by atoms with Crippen LogP contribution in [0.25, 0.3) is 0 Å². The van der Waals surface area contributed by atoms with Crippen molar-refractivity contribution in [2.75, 3.05) is 0 Å². The molecule has 0 N–H and O–H groups in total. The predicted octanol–water partition coefficient (Wildman–Crippen LogP) is 4.02. The molecule has 0 aromatic carbocycles. The molecule has 0 amide bonds. The normalized spacial score (nSPS) is 13.4. The van der Waals surface area contributed by atoms with Crippen molar-refractivity contribution >= 4 is 5.97 Å². The molecule has 1 unspecified atom stereocenters. The van der Waals surface area contributed by atoms with Gasteiger partial charge in [0.05, 0.1) is 0 Å². The van der Waals surface area contributed by atoms with Crippen LogP contribution >= 0.6 is 0 Å². The third-order valence-electron chi connectivity index (χ3n) is 2.22. The van der Waals surface area contributed by atoms with Crippen molar-refractivity contribution in [3.63, 3.8) is 0 Å². The smallest absolute Gasteiger partial charge is 0.302 e. The standard InChI is InChI=1S/C14H24O2/c1-4-6-7-8-9-10-12-14(11-5-2)16-13(3)15/h6-9,14H,4-5,10-12H2,1-3H3/b7-6-,9-8+. The van der Waals surface area contributed by atoms with Crippen LogP contribution in [-0.2, 0) is 9.53 Å². The lowest BCUT2D eigenvalue weighted by Gasteiger charge is -2.14. The largest absolute Gasteiger partial charge is 0.463 e. The van der Waals surface area contributed by atoms with Gasteiger partial charge < -0.3 is 4.74 Å². The van der Waals surface area contributed by atoms with Crippen molar-refractivity contribution in [1.82, 2.24) is 0 Å². The highest BCUT2D eigenvalue weighted by Crippen LogP contribution is 2.10. The van der Waals surface area contributed by atoms with Gasteiger partial charge in [0.15, 0.2) is 0 Å². The average molecular weight is 224 g/mol. The number of allylic oxidation sites excluding steroid dienone is 4. The van der Waals surface area contributed by atoms with Gasteiger partial charge in [-0.2, -0.15) is 0 Å². The Morgan fingerprint density at radius 2 is 1.88 bits per heavy atom. The Morgan fingerprint density at radius 1 is 1.19 bits per heavy atom. The first kappa shape index (κ1) is 14.9. The fourth-order valence-corrected chi connectivity index (χ4v) is 1.49. The summed E-state index contributed by atoms with van der Waals surface area (Å²) in [5.41, 5.74) is 0. The van der Waals surface area contributed by atoms with E-state index in [0.717, 1.165) is 32.1 Å². The molecular weight excluding hydrogens is 200 g/mol. The van der Waals surface area contributed by atoms with E-state index in [1.54, 1.807) is 0 Å². The Hall–Kier alpha value is -1.05. The Labute approximate surface area is 99.4 Å². The summed E-state index contributed by atoms with van der Waals surface area (Å²) < 4.78 is 5.23. The molecule has 2 nitrogen and oxygen atoms in total. The summed E-state index contributed by atoms with van der Waals surface area (Å²) in [6.07, 6.45) is 13.4. The summed E-state index contributed by atoms with van der Waals surface area (Å²) in [5, 5.41) is 0. The minimum Gasteiger partial charge on any atom is -0.463 e. The lowest BCUT2D eigenvalue weighted by molar-refractivity contribution is -0.146. The maximum absolute atomic E-state index is 10.9. The molecule has 0 aliphatic carbocycles. The highest BCUT2D eigenvalue weighted by atomic mass is 16.5. The van der Waals surface area contributed by atoms with Crippen molar-refractivity contribution < 1.29 is 9.53 Å². The molecule has 0 saturated carbocycles. The molecule has 0 aromatic rings. The number of ether oxygens (including phenoxy) is 1. The van der Waals surface area contributed by atoms with E-state index in [4.69, 9.17) is 4.74 Å². The topological polar surface area (TPSA) is 26.3 Å². The van der Waals surface area contributed by atoms with E-state index in [9.17, 15) is 4.79 Å². The van der Waals surface area contributed by atoms with Crippen LogP contribution < -0.4 is 0 Å². The summed E-state index contributed by atoms with van der Waals surface area (Å²) in [4.78, 5) is 10.9. The fourth-order valence-electron chi connectivity index (χ4n) is 1.49. The first-order chi connectivity index (χ1) is 7.70. The zero-order valence-electron chi connectivity index (χ0n) is 10.7. The summed E-state index contributed by atoms with van der Waals surface area (Å²) in [6, 6.07) is 0. The molecule has 0 aliphatic rings. The van der Waals surface area contributed by atoms with Gasteiger partial charge in [-0.1, -0.05) is 44.6 Å². The van der Waals surface area contributed by atoms with Crippen molar-refractivity contribution in [2.24, 2.45) is 0 Å². The molecule has 0 heterocycles. The number of hydrogen-bond acceptors (Lipinski definition) is 2. The van der Waals surface area contributed by atoms with E-state index in [-0.39, 0.29) is 12.1 Å². The molecule has 0 bridgehead atoms. The Balaban J connectivity index is 3.78. The molecule has 0 fully saturated rings. The molecule has 1 atom stereocenters. The first-order valence-corrected chi connectivity index (χ1v) is 6.19. The van der Waals surface area contributed by atoms with Crippen LogP contribution in [0.5, 0.6) is 0 Å². The van der Waals surface area contributed by atoms with Crippen molar-refractivity contribution in [1.29, 1.82) is 0 Å². The monoisotopic (exact) mass is 224 g/mol. The molecule has 2 heteroatoms. The Kier molecular flexibility index (Phi) is 9.78. The molecule has 92 valence electrons. The summed E-state index contributed by atoms with van der Waals surface area (Å²) in [5.74, 6) is -0.173. The van der Waals surface area contributed by atoms with E-state index < -0.39 is 0 Å². The Bertz CT molecular complexity index is 229. The third kappa shape index (κ3) is 9.50. The van der Waals surface area contributed by atoms with Gasteiger partial charge in [-0.15, -0.1) is 0 Å². The number of rotatable bonds is 8. The fraction of sp³-hybridized carbons (Fsp3) is 0.643. The van der Waals surface area contributed by atoms with Crippen molar-refractivity contribution in [3.05, 3.63) is 24.3 Å². The summed E-state index contributed by atoms with van der Waals surface area (Å²) in [6.45, 7) is 5.70. The highest BCUT2D eigenvalue weighted by molar-refractivity contribution is 5.66. The maximum Gasteiger partial charge on any atom is 0.302 e. The quantitative estimate of drug-likeness (QED) is 0.460. The van der Waals surface area contributed by atoms with Crippen LogP contribution in [-0.4, -0.2) is 12.1 Å². The van der Waals surface area contributed by atoms with Gasteiger partial charge in [-0.3, -0.25) is 4.79 Å². The van der Waals surface area contributed by atoms with E-state index in [2.05, 4.69) is 38.2 Å². The van der Waals surface area contributed by atoms with Crippen molar-refractivity contribution in [2.45, 2.75) is 59.0 Å². The number of carbonyl (C=O) groups excluding carboxylic acids is 1. The SMILES string of the molecule is CC/C=C\C=C\CCC(CCC)OC(C)=O. The third-order valence-corrected chi connectivity index (χ3v) is 2.22. The zero-order valence-corrected chi connectivity index (χ0v) is 10.7. The molecule has 0 radical (unpaired) electrons. The molecule has 0 spiro atoms. The van der Waals surface area contributed by atoms with Gasteiger partial charge >= 0.3 is 5.97 Å². The van der Waals surface area contributed by atoms with Crippen LogP contribution in [0.2, 0.25) is 0 Å². The lowest BCUT2D eigenvalue weighted by Crippen LogP contribution is -2.15. The molecule has 0 aromatic heterocycles. The lowest BCUT2D eigenvalue weighted by atomic mass is 10.1. The van der Waals surface area contributed by atoms with Gasteiger partial charge in [-0.25, -0.2) is 0 Å². The van der Waals surface area contributed by atoms with E-state index in [0.29, 0.717) is 0 Å². The first-order valence-electron chi connectivity index (χ1n) is 6.19. The molecule has 0 aliphatic heterocycles.